The van der Waals surface area contributed by atoms with Crippen LogP contribution in [0.5, 0.6) is 0 Å². The summed E-state index contributed by atoms with van der Waals surface area (Å²) < 4.78 is 1.11. The van der Waals surface area contributed by atoms with Gasteiger partial charge in [-0.15, -0.1) is 0 Å². The molecule has 2 N–H and O–H groups in total. The lowest BCUT2D eigenvalue weighted by molar-refractivity contribution is 0.440. The third-order valence-electron chi connectivity index (χ3n) is 5.13. The van der Waals surface area contributed by atoms with Crippen molar-refractivity contribution in [3.63, 3.8) is 0 Å². The molecule has 0 aromatic carbocycles. The quantitative estimate of drug-likeness (QED) is 0.700. The fraction of sp³-hybridized carbons (Fsp3) is 0.765. The summed E-state index contributed by atoms with van der Waals surface area (Å²) in [7, 11) is 0. The Bertz CT molecular complexity index is 475. The molecule has 0 aliphatic heterocycles. The van der Waals surface area contributed by atoms with Crippen LogP contribution in [0.2, 0.25) is 0 Å². The van der Waals surface area contributed by atoms with Crippen molar-refractivity contribution in [3.8, 4) is 0 Å². The number of hydrogen-bond acceptors (Lipinski definition) is 3. The van der Waals surface area contributed by atoms with Crippen molar-refractivity contribution < 1.29 is 0 Å². The monoisotopic (exact) mass is 399 g/mol. The normalized spacial score (nSPS) is 22.1. The van der Waals surface area contributed by atoms with Gasteiger partial charge in [-0.05, 0) is 48.3 Å². The summed E-state index contributed by atoms with van der Waals surface area (Å²) in [5.74, 6) is 2.90. The van der Waals surface area contributed by atoms with Crippen molar-refractivity contribution in [2.45, 2.75) is 82.5 Å². The van der Waals surface area contributed by atoms with Gasteiger partial charge in [0.25, 0.3) is 0 Å². The summed E-state index contributed by atoms with van der Waals surface area (Å²) in [6.45, 7) is 0. The lowest BCUT2D eigenvalue weighted by Crippen LogP contribution is -2.14. The SMILES string of the molecule is Nc1nc(C2CCCCCCC2)nc(C2CCCC2)c1I. The van der Waals surface area contributed by atoms with Gasteiger partial charge in [0, 0.05) is 11.8 Å². The van der Waals surface area contributed by atoms with Gasteiger partial charge >= 0.3 is 0 Å². The van der Waals surface area contributed by atoms with Crippen molar-refractivity contribution in [2.75, 3.05) is 5.73 Å². The molecule has 21 heavy (non-hydrogen) atoms. The molecule has 1 aromatic heterocycles. The minimum Gasteiger partial charge on any atom is -0.383 e. The number of halogens is 1. The van der Waals surface area contributed by atoms with Crippen LogP contribution >= 0.6 is 22.6 Å². The zero-order chi connectivity index (χ0) is 14.7. The molecule has 1 aromatic rings. The summed E-state index contributed by atoms with van der Waals surface area (Å²) in [6.07, 6.45) is 14.5. The number of nitrogens with zero attached hydrogens (tertiary/aromatic N) is 2. The molecule has 1 heterocycles. The molecule has 0 atom stereocenters. The summed E-state index contributed by atoms with van der Waals surface area (Å²) >= 11 is 2.35. The molecule has 2 aliphatic carbocycles. The van der Waals surface area contributed by atoms with Gasteiger partial charge in [0.05, 0.1) is 9.26 Å². The average Bonchev–Trinajstić information content (AvgIpc) is 2.95. The van der Waals surface area contributed by atoms with E-state index in [2.05, 4.69) is 27.6 Å². The Morgan fingerprint density at radius 1 is 0.762 bits per heavy atom. The smallest absolute Gasteiger partial charge is 0.140 e. The highest BCUT2D eigenvalue weighted by Gasteiger charge is 2.25. The summed E-state index contributed by atoms with van der Waals surface area (Å²) in [4.78, 5) is 9.67. The molecule has 3 nitrogen and oxygen atoms in total. The third kappa shape index (κ3) is 3.69. The molecule has 0 radical (unpaired) electrons. The molecule has 2 aliphatic rings. The van der Waals surface area contributed by atoms with Crippen LogP contribution < -0.4 is 5.73 Å². The van der Waals surface area contributed by atoms with Gasteiger partial charge in [0.1, 0.15) is 11.6 Å². The van der Waals surface area contributed by atoms with Crippen molar-refractivity contribution in [1.82, 2.24) is 9.97 Å². The van der Waals surface area contributed by atoms with Gasteiger partial charge < -0.3 is 5.73 Å². The number of hydrogen-bond donors (Lipinski definition) is 1. The highest BCUT2D eigenvalue weighted by molar-refractivity contribution is 14.1. The molecule has 2 fully saturated rings. The Balaban J connectivity index is 1.86. The van der Waals surface area contributed by atoms with Gasteiger partial charge in [-0.1, -0.05) is 44.9 Å². The van der Waals surface area contributed by atoms with Crippen molar-refractivity contribution in [2.24, 2.45) is 0 Å². The minimum atomic E-state index is 0.532. The van der Waals surface area contributed by atoms with Crippen LogP contribution in [0.4, 0.5) is 5.82 Å². The van der Waals surface area contributed by atoms with Crippen LogP contribution in [0.1, 0.15) is 94.0 Å². The summed E-state index contributed by atoms with van der Waals surface area (Å²) in [6, 6.07) is 0. The van der Waals surface area contributed by atoms with Crippen LogP contribution in [-0.2, 0) is 0 Å². The first-order valence-corrected chi connectivity index (χ1v) is 9.66. The highest BCUT2D eigenvalue weighted by atomic mass is 127. The van der Waals surface area contributed by atoms with Gasteiger partial charge in [-0.3, -0.25) is 0 Å². The van der Waals surface area contributed by atoms with Crippen LogP contribution in [0.3, 0.4) is 0 Å². The molecule has 3 rings (SSSR count). The van der Waals surface area contributed by atoms with E-state index < -0.39 is 0 Å². The van der Waals surface area contributed by atoms with Crippen LogP contribution in [0.25, 0.3) is 0 Å². The van der Waals surface area contributed by atoms with E-state index in [-0.39, 0.29) is 0 Å². The first kappa shape index (κ1) is 15.5. The third-order valence-corrected chi connectivity index (χ3v) is 6.24. The van der Waals surface area contributed by atoms with E-state index in [0.717, 1.165) is 9.39 Å². The lowest BCUT2D eigenvalue weighted by atomic mass is 9.90. The Kier molecular flexibility index (Phi) is 5.35. The number of anilines is 1. The molecular formula is C17H26IN3. The first-order valence-electron chi connectivity index (χ1n) is 8.58. The van der Waals surface area contributed by atoms with Crippen LogP contribution in [0.15, 0.2) is 0 Å². The maximum absolute atomic E-state index is 6.21. The second kappa shape index (κ2) is 7.25. The predicted molar refractivity (Wildman–Crippen MR) is 95.4 cm³/mol. The molecule has 0 bridgehead atoms. The van der Waals surface area contributed by atoms with E-state index in [1.165, 1.54) is 76.3 Å². The van der Waals surface area contributed by atoms with E-state index in [9.17, 15) is 0 Å². The van der Waals surface area contributed by atoms with Crippen molar-refractivity contribution >= 4 is 28.4 Å². The van der Waals surface area contributed by atoms with E-state index in [0.29, 0.717) is 17.7 Å². The molecule has 0 saturated heterocycles. The van der Waals surface area contributed by atoms with Gasteiger partial charge in [0.2, 0.25) is 0 Å². The molecule has 2 saturated carbocycles. The molecular weight excluding hydrogens is 373 g/mol. The van der Waals surface area contributed by atoms with Crippen molar-refractivity contribution in [3.05, 3.63) is 15.1 Å². The predicted octanol–water partition coefficient (Wildman–Crippen LogP) is 5.15. The number of aromatic nitrogens is 2. The second-order valence-corrected chi connectivity index (χ2v) is 7.77. The summed E-state index contributed by atoms with van der Waals surface area (Å²) in [5.41, 5.74) is 7.45. The maximum Gasteiger partial charge on any atom is 0.140 e. The highest BCUT2D eigenvalue weighted by Crippen LogP contribution is 2.38. The fourth-order valence-corrected chi connectivity index (χ4v) is 4.55. The van der Waals surface area contributed by atoms with Gasteiger partial charge in [0.15, 0.2) is 0 Å². The van der Waals surface area contributed by atoms with E-state index in [4.69, 9.17) is 10.7 Å². The summed E-state index contributed by atoms with van der Waals surface area (Å²) in [5, 5.41) is 0. The standard InChI is InChI=1S/C17H26IN3/c18-14-15(12-8-6-7-9-12)20-17(21-16(14)19)13-10-4-2-1-3-5-11-13/h12-13H,1-11H2,(H2,19,20,21). The zero-order valence-corrected chi connectivity index (χ0v) is 14.9. The fourth-order valence-electron chi connectivity index (χ4n) is 3.87. The number of rotatable bonds is 2. The molecule has 116 valence electrons. The van der Waals surface area contributed by atoms with E-state index >= 15 is 0 Å². The number of nitrogen functional groups attached to an aromatic ring is 1. The topological polar surface area (TPSA) is 51.8 Å². The average molecular weight is 399 g/mol. The zero-order valence-electron chi connectivity index (χ0n) is 12.8. The van der Waals surface area contributed by atoms with E-state index in [1.807, 2.05) is 0 Å². The Hall–Kier alpha value is -0.390. The van der Waals surface area contributed by atoms with Crippen LogP contribution in [0, 0.1) is 3.57 Å². The van der Waals surface area contributed by atoms with Gasteiger partial charge in [-0.2, -0.15) is 0 Å². The molecule has 0 unspecified atom stereocenters. The Morgan fingerprint density at radius 2 is 1.29 bits per heavy atom. The largest absolute Gasteiger partial charge is 0.383 e. The molecule has 0 amide bonds. The van der Waals surface area contributed by atoms with E-state index in [1.54, 1.807) is 0 Å². The maximum atomic E-state index is 6.21. The van der Waals surface area contributed by atoms with Gasteiger partial charge in [-0.25, -0.2) is 9.97 Å². The Morgan fingerprint density at radius 3 is 1.95 bits per heavy atom. The second-order valence-electron chi connectivity index (χ2n) is 6.69. The molecule has 0 spiro atoms. The van der Waals surface area contributed by atoms with Crippen molar-refractivity contribution in [1.29, 1.82) is 0 Å². The minimum absolute atomic E-state index is 0.532. The first-order chi connectivity index (χ1) is 10.3. The van der Waals surface area contributed by atoms with Crippen LogP contribution in [-0.4, -0.2) is 9.97 Å². The number of nitrogens with two attached hydrogens (primary N) is 1. The molecule has 4 heteroatoms. The lowest BCUT2D eigenvalue weighted by Gasteiger charge is -2.21. The Labute approximate surface area is 141 Å².